The number of imide groups is 1. The Morgan fingerprint density at radius 3 is 2.56 bits per heavy atom. The molecule has 0 fully saturated rings. The summed E-state index contributed by atoms with van der Waals surface area (Å²) in [7, 11) is 0. The van der Waals surface area contributed by atoms with Gasteiger partial charge in [0.05, 0.1) is 11.3 Å². The Morgan fingerprint density at radius 1 is 1.09 bits per heavy atom. The van der Waals surface area contributed by atoms with Crippen LogP contribution in [0.25, 0.3) is 6.08 Å². The number of carbonyl (C=O) groups excluding carboxylic acids is 2. The summed E-state index contributed by atoms with van der Waals surface area (Å²) in [5, 5.41) is 5.43. The van der Waals surface area contributed by atoms with E-state index in [0.717, 1.165) is 5.01 Å². The summed E-state index contributed by atoms with van der Waals surface area (Å²) in [6.45, 7) is 1.65. The van der Waals surface area contributed by atoms with Crippen LogP contribution in [-0.4, -0.2) is 22.5 Å². The van der Waals surface area contributed by atoms with Gasteiger partial charge in [-0.2, -0.15) is 10.1 Å². The lowest BCUT2D eigenvalue weighted by Gasteiger charge is -2.12. The lowest BCUT2D eigenvalue weighted by molar-refractivity contribution is -0.123. The molecular formula is C25H18ClFN2O3. The number of hydrazone groups is 1. The third-order valence-corrected chi connectivity index (χ3v) is 5.12. The number of ether oxygens (including phenoxy) is 1. The van der Waals surface area contributed by atoms with E-state index in [0.29, 0.717) is 33.2 Å². The zero-order valence-corrected chi connectivity index (χ0v) is 17.8. The van der Waals surface area contributed by atoms with Crippen LogP contribution in [0.4, 0.5) is 4.39 Å². The van der Waals surface area contributed by atoms with Gasteiger partial charge >= 0.3 is 0 Å². The fraction of sp³-hybridized carbons (Fsp3) is 0.0800. The van der Waals surface area contributed by atoms with Gasteiger partial charge in [0, 0.05) is 21.7 Å². The number of carbonyl (C=O) groups is 2. The molecule has 1 aliphatic heterocycles. The molecule has 0 saturated heterocycles. The van der Waals surface area contributed by atoms with Crippen LogP contribution in [-0.2, 0) is 11.4 Å². The maximum Gasteiger partial charge on any atom is 0.283 e. The van der Waals surface area contributed by atoms with E-state index in [1.54, 1.807) is 79.7 Å². The van der Waals surface area contributed by atoms with E-state index in [1.165, 1.54) is 6.07 Å². The molecule has 0 aliphatic carbocycles. The molecular weight excluding hydrogens is 431 g/mol. The smallest absolute Gasteiger partial charge is 0.283 e. The normalized spacial score (nSPS) is 14.6. The number of hydrogen-bond acceptors (Lipinski definition) is 4. The van der Waals surface area contributed by atoms with Crippen molar-refractivity contribution in [3.63, 3.8) is 0 Å². The van der Waals surface area contributed by atoms with Crippen LogP contribution in [0.1, 0.15) is 28.4 Å². The van der Waals surface area contributed by atoms with Gasteiger partial charge in [0.25, 0.3) is 11.8 Å². The van der Waals surface area contributed by atoms with Gasteiger partial charge in [-0.05, 0) is 49.4 Å². The quantitative estimate of drug-likeness (QED) is 0.382. The van der Waals surface area contributed by atoms with Gasteiger partial charge < -0.3 is 4.74 Å². The third kappa shape index (κ3) is 4.45. The Kier molecular flexibility index (Phi) is 6.14. The van der Waals surface area contributed by atoms with Crippen LogP contribution in [0.15, 0.2) is 83.5 Å². The van der Waals surface area contributed by atoms with Gasteiger partial charge in [0.1, 0.15) is 18.2 Å². The molecule has 1 heterocycles. The van der Waals surface area contributed by atoms with Crippen LogP contribution < -0.4 is 4.74 Å². The van der Waals surface area contributed by atoms with Gasteiger partial charge in [-0.25, -0.2) is 4.39 Å². The van der Waals surface area contributed by atoms with Crippen LogP contribution in [0.3, 0.4) is 0 Å². The molecule has 0 saturated carbocycles. The molecule has 2 amide bonds. The van der Waals surface area contributed by atoms with Crippen molar-refractivity contribution in [1.29, 1.82) is 0 Å². The molecule has 0 unspecified atom stereocenters. The number of halogens is 2. The largest absolute Gasteiger partial charge is 0.488 e. The molecule has 32 heavy (non-hydrogen) atoms. The fourth-order valence-electron chi connectivity index (χ4n) is 3.21. The van der Waals surface area contributed by atoms with Crippen molar-refractivity contribution in [1.82, 2.24) is 5.01 Å². The molecule has 0 atom stereocenters. The Bertz CT molecular complexity index is 1260. The van der Waals surface area contributed by atoms with E-state index in [-0.39, 0.29) is 18.0 Å². The molecule has 3 aromatic rings. The second-order valence-electron chi connectivity index (χ2n) is 7.09. The Morgan fingerprint density at radius 2 is 1.81 bits per heavy atom. The summed E-state index contributed by atoms with van der Waals surface area (Å²) in [4.78, 5) is 25.7. The first-order valence-corrected chi connectivity index (χ1v) is 10.2. The zero-order chi connectivity index (χ0) is 22.7. The molecule has 3 aromatic carbocycles. The van der Waals surface area contributed by atoms with E-state index in [9.17, 15) is 14.0 Å². The molecule has 4 rings (SSSR count). The van der Waals surface area contributed by atoms with E-state index in [4.69, 9.17) is 16.3 Å². The number of rotatable bonds is 5. The fourth-order valence-corrected chi connectivity index (χ4v) is 3.40. The summed E-state index contributed by atoms with van der Waals surface area (Å²) >= 11 is 6.15. The first-order chi connectivity index (χ1) is 15.4. The Labute approximate surface area is 189 Å². The second-order valence-corrected chi connectivity index (χ2v) is 7.53. The Hall–Kier alpha value is -3.77. The number of hydrogen-bond donors (Lipinski definition) is 0. The van der Waals surface area contributed by atoms with Crippen LogP contribution in [0.5, 0.6) is 5.75 Å². The summed E-state index contributed by atoms with van der Waals surface area (Å²) in [6, 6.07) is 19.7. The standard InChI is InChI=1S/C25H18ClFN2O3/c1-16-21(25(31)29(28-16)24(30)17-7-3-2-4-8-17)14-19-13-20(26)11-12-23(19)32-15-18-9-5-6-10-22(18)27/h2-14H,15H2,1H3/b21-14+. The van der Waals surface area contributed by atoms with Crippen molar-refractivity contribution >= 4 is 35.2 Å². The molecule has 160 valence electrons. The van der Waals surface area contributed by atoms with Gasteiger partial charge in [0.15, 0.2) is 0 Å². The van der Waals surface area contributed by atoms with E-state index < -0.39 is 11.8 Å². The molecule has 5 nitrogen and oxygen atoms in total. The van der Waals surface area contributed by atoms with E-state index >= 15 is 0 Å². The minimum atomic E-state index is -0.545. The van der Waals surface area contributed by atoms with Gasteiger partial charge in [-0.3, -0.25) is 9.59 Å². The van der Waals surface area contributed by atoms with Crippen molar-refractivity contribution in [3.8, 4) is 5.75 Å². The summed E-state index contributed by atoms with van der Waals surface area (Å²) in [5.41, 5.74) is 1.90. The summed E-state index contributed by atoms with van der Waals surface area (Å²) < 4.78 is 19.7. The zero-order valence-electron chi connectivity index (χ0n) is 17.1. The number of amides is 2. The molecule has 7 heteroatoms. The SMILES string of the molecule is CC1=NN(C(=O)c2ccccc2)C(=O)/C1=C/c1cc(Cl)ccc1OCc1ccccc1F. The van der Waals surface area contributed by atoms with Crippen molar-refractivity contribution < 1.29 is 18.7 Å². The van der Waals surface area contributed by atoms with Crippen LogP contribution in [0, 0.1) is 5.82 Å². The topological polar surface area (TPSA) is 59.0 Å². The highest BCUT2D eigenvalue weighted by atomic mass is 35.5. The van der Waals surface area contributed by atoms with Crippen molar-refractivity contribution in [2.75, 3.05) is 0 Å². The Balaban J connectivity index is 1.61. The molecule has 0 aromatic heterocycles. The molecule has 0 bridgehead atoms. The predicted octanol–water partition coefficient (Wildman–Crippen LogP) is 5.50. The lowest BCUT2D eigenvalue weighted by Crippen LogP contribution is -2.29. The van der Waals surface area contributed by atoms with Crippen LogP contribution >= 0.6 is 11.6 Å². The minimum Gasteiger partial charge on any atom is -0.488 e. The van der Waals surface area contributed by atoms with Crippen molar-refractivity contribution in [2.45, 2.75) is 13.5 Å². The average Bonchev–Trinajstić information content (AvgIpc) is 3.08. The number of nitrogens with zero attached hydrogens (tertiary/aromatic N) is 2. The highest BCUT2D eigenvalue weighted by molar-refractivity contribution is 6.32. The van der Waals surface area contributed by atoms with Gasteiger partial charge in [0.2, 0.25) is 0 Å². The second kappa shape index (κ2) is 9.16. The number of benzene rings is 3. The first-order valence-electron chi connectivity index (χ1n) is 9.81. The minimum absolute atomic E-state index is 0.00408. The summed E-state index contributed by atoms with van der Waals surface area (Å²) in [5.74, 6) is -1.01. The molecule has 0 radical (unpaired) electrons. The third-order valence-electron chi connectivity index (χ3n) is 4.89. The highest BCUT2D eigenvalue weighted by Crippen LogP contribution is 2.29. The molecule has 0 spiro atoms. The first kappa shape index (κ1) is 21.5. The molecule has 1 aliphatic rings. The van der Waals surface area contributed by atoms with Crippen molar-refractivity contribution in [3.05, 3.63) is 106 Å². The van der Waals surface area contributed by atoms with Crippen molar-refractivity contribution in [2.24, 2.45) is 5.10 Å². The molecule has 0 N–H and O–H groups in total. The van der Waals surface area contributed by atoms with Crippen LogP contribution in [0.2, 0.25) is 5.02 Å². The average molecular weight is 449 g/mol. The lowest BCUT2D eigenvalue weighted by atomic mass is 10.1. The maximum absolute atomic E-state index is 13.9. The maximum atomic E-state index is 13.9. The van der Waals surface area contributed by atoms with E-state index in [2.05, 4.69) is 5.10 Å². The summed E-state index contributed by atoms with van der Waals surface area (Å²) in [6.07, 6.45) is 1.57. The highest BCUT2D eigenvalue weighted by Gasteiger charge is 2.33. The predicted molar refractivity (Wildman–Crippen MR) is 121 cm³/mol. The monoisotopic (exact) mass is 448 g/mol. The van der Waals surface area contributed by atoms with E-state index in [1.807, 2.05) is 0 Å². The van der Waals surface area contributed by atoms with Gasteiger partial charge in [-0.15, -0.1) is 0 Å². The van der Waals surface area contributed by atoms with Gasteiger partial charge in [-0.1, -0.05) is 48.0 Å².